The van der Waals surface area contributed by atoms with Gasteiger partial charge in [0.1, 0.15) is 11.9 Å². The van der Waals surface area contributed by atoms with E-state index in [0.717, 1.165) is 44.2 Å². The van der Waals surface area contributed by atoms with Crippen molar-refractivity contribution in [3.63, 3.8) is 0 Å². The molecule has 4 aliphatic rings. The fourth-order valence-electron chi connectivity index (χ4n) is 6.59. The summed E-state index contributed by atoms with van der Waals surface area (Å²) in [6.45, 7) is 4.00. The molecule has 4 atom stereocenters. The summed E-state index contributed by atoms with van der Waals surface area (Å²) < 4.78 is 3.70. The van der Waals surface area contributed by atoms with Crippen molar-refractivity contribution in [3.05, 3.63) is 40.1 Å². The molecule has 0 unspecified atom stereocenters. The highest BCUT2D eigenvalue weighted by Gasteiger charge is 2.39. The van der Waals surface area contributed by atoms with Gasteiger partial charge in [-0.2, -0.15) is 10.1 Å². The minimum atomic E-state index is -0.0980. The second-order valence-corrected chi connectivity index (χ2v) is 9.99. The first-order valence-corrected chi connectivity index (χ1v) is 11.7. The zero-order chi connectivity index (χ0) is 21.1. The van der Waals surface area contributed by atoms with Gasteiger partial charge in [-0.25, -0.2) is 4.68 Å². The first-order chi connectivity index (χ1) is 15.1. The Hall–Kier alpha value is -2.64. The number of piperidine rings is 1. The van der Waals surface area contributed by atoms with Gasteiger partial charge in [-0.3, -0.25) is 9.59 Å². The molecule has 1 amide bonds. The number of rotatable bonds is 2. The molecule has 2 aromatic rings. The number of pyridine rings is 1. The zero-order valence-corrected chi connectivity index (χ0v) is 18.1. The smallest absolute Gasteiger partial charge is 0.263 e. The normalized spacial score (nSPS) is 29.6. The average Bonchev–Trinajstić information content (AvgIpc) is 3.40. The average molecular weight is 423 g/mol. The Bertz CT molecular complexity index is 1060. The largest absolute Gasteiger partial charge is 0.340 e. The summed E-state index contributed by atoms with van der Waals surface area (Å²) in [5, 5.41) is 4.21. The number of aryl methyl sites for hydroxylation is 1. The topological polar surface area (TPSA) is 76.3 Å². The lowest BCUT2D eigenvalue weighted by Crippen LogP contribution is -2.49. The molecular formula is C23H30N6O2. The van der Waals surface area contributed by atoms with Crippen molar-refractivity contribution >= 4 is 11.9 Å². The Balaban J connectivity index is 1.26. The van der Waals surface area contributed by atoms with E-state index >= 15 is 0 Å². The Morgan fingerprint density at radius 2 is 1.81 bits per heavy atom. The second-order valence-electron chi connectivity index (χ2n) is 9.99. The Morgan fingerprint density at radius 3 is 2.52 bits per heavy atom. The van der Waals surface area contributed by atoms with E-state index in [4.69, 9.17) is 0 Å². The van der Waals surface area contributed by atoms with Crippen LogP contribution < -0.4 is 10.5 Å². The summed E-state index contributed by atoms with van der Waals surface area (Å²) in [4.78, 5) is 35.3. The highest BCUT2D eigenvalue weighted by Crippen LogP contribution is 2.38. The lowest BCUT2D eigenvalue weighted by atomic mass is 9.82. The summed E-state index contributed by atoms with van der Waals surface area (Å²) in [6.07, 6.45) is 7.67. The van der Waals surface area contributed by atoms with Gasteiger partial charge in [0.05, 0.1) is 0 Å². The Morgan fingerprint density at radius 1 is 1.03 bits per heavy atom. The third-order valence-corrected chi connectivity index (χ3v) is 8.07. The van der Waals surface area contributed by atoms with Crippen molar-refractivity contribution in [2.45, 2.75) is 44.6 Å². The second kappa shape index (κ2) is 7.21. The molecule has 5 heterocycles. The van der Waals surface area contributed by atoms with Crippen LogP contribution in [0, 0.1) is 17.8 Å². The van der Waals surface area contributed by atoms with E-state index in [-0.39, 0.29) is 17.4 Å². The van der Waals surface area contributed by atoms with Gasteiger partial charge in [0.15, 0.2) is 0 Å². The fraction of sp³-hybridized carbons (Fsp3) is 0.652. The van der Waals surface area contributed by atoms with E-state index in [9.17, 15) is 9.59 Å². The van der Waals surface area contributed by atoms with Crippen molar-refractivity contribution in [2.75, 3.05) is 31.1 Å². The molecule has 2 saturated heterocycles. The summed E-state index contributed by atoms with van der Waals surface area (Å²) in [5.74, 6) is 2.73. The Labute approximate surface area is 181 Å². The molecule has 31 heavy (non-hydrogen) atoms. The van der Waals surface area contributed by atoms with E-state index in [0.29, 0.717) is 29.9 Å². The minimum absolute atomic E-state index is 0.0638. The van der Waals surface area contributed by atoms with Gasteiger partial charge in [-0.1, -0.05) is 12.8 Å². The number of carbonyl (C=O) groups is 1. The minimum Gasteiger partial charge on any atom is -0.340 e. The van der Waals surface area contributed by atoms with Crippen LogP contribution in [0.3, 0.4) is 0 Å². The van der Waals surface area contributed by atoms with Crippen molar-refractivity contribution in [3.8, 4) is 0 Å². The number of aromatic nitrogens is 4. The quantitative estimate of drug-likeness (QED) is 0.739. The van der Waals surface area contributed by atoms with Crippen molar-refractivity contribution in [1.82, 2.24) is 24.2 Å². The fourth-order valence-corrected chi connectivity index (χ4v) is 6.59. The maximum absolute atomic E-state index is 13.4. The molecule has 6 rings (SSSR count). The van der Waals surface area contributed by atoms with Crippen LogP contribution >= 0.6 is 0 Å². The molecule has 3 fully saturated rings. The molecule has 164 valence electrons. The van der Waals surface area contributed by atoms with Crippen LogP contribution in [-0.2, 0) is 13.6 Å². The van der Waals surface area contributed by atoms with Gasteiger partial charge in [0.25, 0.3) is 11.5 Å². The predicted octanol–water partition coefficient (Wildman–Crippen LogP) is 1.86. The number of likely N-dealkylation sites (tertiary alicyclic amines) is 1. The number of anilines is 1. The SMILES string of the molecule is Cn1ncnc1N1C[C@@H]2C[C@H](C1)c1ccc(C(=O)N3C[C@H]4CCCC[C@H]4C3)c(=O)n1C2. The van der Waals surface area contributed by atoms with E-state index in [1.807, 2.05) is 27.3 Å². The van der Waals surface area contributed by atoms with Crippen molar-refractivity contribution in [2.24, 2.45) is 24.8 Å². The zero-order valence-electron chi connectivity index (χ0n) is 18.1. The summed E-state index contributed by atoms with van der Waals surface area (Å²) in [5.41, 5.74) is 1.31. The number of hydrogen-bond donors (Lipinski definition) is 0. The van der Waals surface area contributed by atoms with Gasteiger partial charge >= 0.3 is 0 Å². The van der Waals surface area contributed by atoms with Crippen LogP contribution in [0.4, 0.5) is 5.95 Å². The number of amides is 1. The third-order valence-electron chi connectivity index (χ3n) is 8.07. The first kappa shape index (κ1) is 19.1. The number of hydrogen-bond acceptors (Lipinski definition) is 5. The number of fused-ring (bicyclic) bond motifs is 5. The molecule has 8 heteroatoms. The molecule has 0 radical (unpaired) electrons. The maximum atomic E-state index is 13.4. The van der Waals surface area contributed by atoms with Gasteiger partial charge in [0.2, 0.25) is 5.95 Å². The highest BCUT2D eigenvalue weighted by molar-refractivity contribution is 5.94. The molecule has 0 N–H and O–H groups in total. The lowest BCUT2D eigenvalue weighted by Gasteiger charge is -2.43. The van der Waals surface area contributed by atoms with Gasteiger partial charge < -0.3 is 14.4 Å². The van der Waals surface area contributed by atoms with Crippen LogP contribution in [0.1, 0.15) is 54.1 Å². The molecular weight excluding hydrogens is 392 g/mol. The maximum Gasteiger partial charge on any atom is 0.263 e. The lowest BCUT2D eigenvalue weighted by molar-refractivity contribution is 0.0781. The van der Waals surface area contributed by atoms with Crippen LogP contribution in [0.25, 0.3) is 0 Å². The van der Waals surface area contributed by atoms with E-state index in [2.05, 4.69) is 15.0 Å². The molecule has 2 aromatic heterocycles. The predicted molar refractivity (Wildman–Crippen MR) is 116 cm³/mol. The van der Waals surface area contributed by atoms with E-state index < -0.39 is 0 Å². The van der Waals surface area contributed by atoms with Crippen LogP contribution in [0.2, 0.25) is 0 Å². The standard InChI is InChI=1S/C23H30N6O2/c1-26-23(24-14-25-26)28-9-15-8-18(13-28)20-7-6-19(22(31)29(20)10-15)21(30)27-11-16-4-2-3-5-17(16)12-27/h6-7,14-18H,2-5,8-13H2,1H3/t15-,16-,17+,18+/m0/s1. The molecule has 1 aliphatic carbocycles. The summed E-state index contributed by atoms with van der Waals surface area (Å²) in [6, 6.07) is 3.82. The third kappa shape index (κ3) is 3.10. The molecule has 0 spiro atoms. The van der Waals surface area contributed by atoms with Crippen molar-refractivity contribution < 1.29 is 4.79 Å². The van der Waals surface area contributed by atoms with Crippen LogP contribution in [-0.4, -0.2) is 56.3 Å². The monoisotopic (exact) mass is 422 g/mol. The molecule has 8 nitrogen and oxygen atoms in total. The first-order valence-electron chi connectivity index (χ1n) is 11.7. The van der Waals surface area contributed by atoms with E-state index in [1.54, 1.807) is 12.4 Å². The molecule has 1 saturated carbocycles. The molecule has 0 aromatic carbocycles. The van der Waals surface area contributed by atoms with Gasteiger partial charge in [0, 0.05) is 51.4 Å². The summed E-state index contributed by atoms with van der Waals surface area (Å²) >= 11 is 0. The van der Waals surface area contributed by atoms with Gasteiger partial charge in [-0.05, 0) is 49.1 Å². The number of nitrogens with zero attached hydrogens (tertiary/aromatic N) is 6. The number of carbonyl (C=O) groups excluding carboxylic acids is 1. The van der Waals surface area contributed by atoms with Crippen molar-refractivity contribution in [1.29, 1.82) is 0 Å². The van der Waals surface area contributed by atoms with Gasteiger partial charge in [-0.15, -0.1) is 0 Å². The molecule has 3 aliphatic heterocycles. The summed E-state index contributed by atoms with van der Waals surface area (Å²) in [7, 11) is 1.91. The van der Waals surface area contributed by atoms with E-state index in [1.165, 1.54) is 25.7 Å². The Kier molecular flexibility index (Phi) is 4.43. The van der Waals surface area contributed by atoms with Crippen LogP contribution in [0.15, 0.2) is 23.3 Å². The molecule has 2 bridgehead atoms. The highest BCUT2D eigenvalue weighted by atomic mass is 16.2. The van der Waals surface area contributed by atoms with Crippen LogP contribution in [0.5, 0.6) is 0 Å².